The molecule has 0 aliphatic heterocycles. The van der Waals surface area contributed by atoms with E-state index in [-0.39, 0.29) is 0 Å². The van der Waals surface area contributed by atoms with Gasteiger partial charge in [0, 0.05) is 12.1 Å². The molecule has 3 N–H and O–H groups in total. The Kier molecular flexibility index (Phi) is 4.46. The molecule has 0 radical (unpaired) electrons. The van der Waals surface area contributed by atoms with Crippen LogP contribution in [0, 0.1) is 19.8 Å². The van der Waals surface area contributed by atoms with E-state index in [1.165, 1.54) is 0 Å². The zero-order chi connectivity index (χ0) is 15.8. The van der Waals surface area contributed by atoms with Gasteiger partial charge in [-0.3, -0.25) is 4.68 Å². The lowest BCUT2D eigenvalue weighted by molar-refractivity contribution is 0.400. The van der Waals surface area contributed by atoms with Crippen molar-refractivity contribution in [3.05, 3.63) is 11.4 Å². The van der Waals surface area contributed by atoms with E-state index >= 15 is 0 Å². The first-order valence-electron chi connectivity index (χ1n) is 7.47. The van der Waals surface area contributed by atoms with Crippen LogP contribution < -0.4 is 10.5 Å². The highest BCUT2D eigenvalue weighted by Gasteiger charge is 2.41. The van der Waals surface area contributed by atoms with Crippen LogP contribution in [0.15, 0.2) is 4.90 Å². The Balaban J connectivity index is 2.29. The fourth-order valence-corrected chi connectivity index (χ4v) is 4.70. The van der Waals surface area contributed by atoms with Crippen LogP contribution in [-0.2, 0) is 16.6 Å². The summed E-state index contributed by atoms with van der Waals surface area (Å²) in [5.41, 5.74) is 6.33. The van der Waals surface area contributed by atoms with Gasteiger partial charge in [0.25, 0.3) is 0 Å². The first kappa shape index (κ1) is 16.5. The SMILES string of the molecule is Cc1nn(CCCN)c(C)c1S(=O)(=O)NC(C)(C)C1CC1. The normalized spacial score (nSPS) is 16.4. The number of rotatable bonds is 7. The second kappa shape index (κ2) is 5.70. The zero-order valence-corrected chi connectivity index (χ0v) is 14.1. The fraction of sp³-hybridized carbons (Fsp3) is 0.786. The standard InChI is InChI=1S/C14H26N4O2S/c1-10-13(11(2)18(16-10)9-5-8-15)21(19,20)17-14(3,4)12-6-7-12/h12,17H,5-9,15H2,1-4H3. The average Bonchev–Trinajstić information content (AvgIpc) is 3.13. The Morgan fingerprint density at radius 1 is 1.38 bits per heavy atom. The number of nitrogens with one attached hydrogen (secondary N) is 1. The van der Waals surface area contributed by atoms with Crippen molar-refractivity contribution < 1.29 is 8.42 Å². The molecule has 0 spiro atoms. The number of aromatic nitrogens is 2. The first-order chi connectivity index (χ1) is 9.69. The molecule has 1 aliphatic carbocycles. The molecule has 1 saturated carbocycles. The van der Waals surface area contributed by atoms with E-state index < -0.39 is 15.6 Å². The Morgan fingerprint density at radius 2 is 2.00 bits per heavy atom. The number of hydrogen-bond acceptors (Lipinski definition) is 4. The summed E-state index contributed by atoms with van der Waals surface area (Å²) in [4.78, 5) is 0.313. The van der Waals surface area contributed by atoms with Crippen LogP contribution in [0.1, 0.15) is 44.5 Å². The monoisotopic (exact) mass is 314 g/mol. The van der Waals surface area contributed by atoms with Crippen molar-refractivity contribution >= 4 is 10.0 Å². The van der Waals surface area contributed by atoms with Crippen molar-refractivity contribution in [1.82, 2.24) is 14.5 Å². The zero-order valence-electron chi connectivity index (χ0n) is 13.3. The van der Waals surface area contributed by atoms with Crippen LogP contribution >= 0.6 is 0 Å². The molecule has 0 atom stereocenters. The molecule has 21 heavy (non-hydrogen) atoms. The summed E-state index contributed by atoms with van der Waals surface area (Å²) in [5.74, 6) is 0.431. The summed E-state index contributed by atoms with van der Waals surface area (Å²) >= 11 is 0. The third-order valence-electron chi connectivity index (χ3n) is 4.15. The highest BCUT2D eigenvalue weighted by molar-refractivity contribution is 7.89. The largest absolute Gasteiger partial charge is 0.330 e. The molecule has 0 aromatic carbocycles. The summed E-state index contributed by atoms with van der Waals surface area (Å²) in [6, 6.07) is 0. The molecule has 1 fully saturated rings. The maximum Gasteiger partial charge on any atom is 0.244 e. The van der Waals surface area contributed by atoms with Gasteiger partial charge in [-0.15, -0.1) is 0 Å². The lowest BCUT2D eigenvalue weighted by atomic mass is 10.0. The second-order valence-electron chi connectivity index (χ2n) is 6.47. The molecular weight excluding hydrogens is 288 g/mol. The summed E-state index contributed by atoms with van der Waals surface area (Å²) in [6.07, 6.45) is 2.95. The van der Waals surface area contributed by atoms with Gasteiger partial charge in [-0.2, -0.15) is 5.10 Å². The molecule has 1 heterocycles. The highest BCUT2D eigenvalue weighted by Crippen LogP contribution is 2.40. The fourth-order valence-electron chi connectivity index (χ4n) is 2.81. The Bertz CT molecular complexity index is 615. The van der Waals surface area contributed by atoms with Gasteiger partial charge in [-0.05, 0) is 59.4 Å². The Hall–Kier alpha value is -0.920. The van der Waals surface area contributed by atoms with Gasteiger partial charge < -0.3 is 5.73 Å². The molecule has 7 heteroatoms. The predicted molar refractivity (Wildman–Crippen MR) is 82.5 cm³/mol. The quantitative estimate of drug-likeness (QED) is 0.794. The van der Waals surface area contributed by atoms with Crippen LogP contribution in [0.5, 0.6) is 0 Å². The van der Waals surface area contributed by atoms with Gasteiger partial charge >= 0.3 is 0 Å². The van der Waals surface area contributed by atoms with E-state index in [9.17, 15) is 8.42 Å². The molecule has 0 amide bonds. The van der Waals surface area contributed by atoms with Crippen molar-refractivity contribution in [3.8, 4) is 0 Å². The minimum Gasteiger partial charge on any atom is -0.330 e. The van der Waals surface area contributed by atoms with Crippen molar-refractivity contribution in [2.24, 2.45) is 11.7 Å². The topological polar surface area (TPSA) is 90.0 Å². The van der Waals surface area contributed by atoms with E-state index in [1.54, 1.807) is 18.5 Å². The van der Waals surface area contributed by atoms with Crippen molar-refractivity contribution in [2.45, 2.75) is 63.9 Å². The number of hydrogen-bond donors (Lipinski definition) is 2. The molecule has 120 valence electrons. The van der Waals surface area contributed by atoms with Crippen molar-refractivity contribution in [2.75, 3.05) is 6.54 Å². The van der Waals surface area contributed by atoms with Crippen molar-refractivity contribution in [1.29, 1.82) is 0 Å². The number of aryl methyl sites for hydroxylation is 2. The summed E-state index contributed by atoms with van der Waals surface area (Å²) < 4.78 is 30.0. The minimum atomic E-state index is -3.55. The summed E-state index contributed by atoms with van der Waals surface area (Å²) in [5, 5.41) is 4.35. The molecule has 0 saturated heterocycles. The summed E-state index contributed by atoms with van der Waals surface area (Å²) in [7, 11) is -3.55. The molecular formula is C14H26N4O2S. The van der Waals surface area contributed by atoms with E-state index in [2.05, 4.69) is 9.82 Å². The van der Waals surface area contributed by atoms with Gasteiger partial charge in [0.05, 0.1) is 11.4 Å². The maximum absolute atomic E-state index is 12.7. The van der Waals surface area contributed by atoms with Gasteiger partial charge in [0.1, 0.15) is 4.90 Å². The van der Waals surface area contributed by atoms with Crippen LogP contribution in [0.25, 0.3) is 0 Å². The molecule has 1 aromatic heterocycles. The number of nitrogens with two attached hydrogens (primary N) is 1. The predicted octanol–water partition coefficient (Wildman–Crippen LogP) is 1.32. The second-order valence-corrected chi connectivity index (χ2v) is 8.09. The maximum atomic E-state index is 12.7. The Labute approximate surface area is 127 Å². The van der Waals surface area contributed by atoms with Gasteiger partial charge in [-0.25, -0.2) is 13.1 Å². The van der Waals surface area contributed by atoms with E-state index in [0.717, 1.165) is 19.3 Å². The average molecular weight is 314 g/mol. The van der Waals surface area contributed by atoms with Crippen LogP contribution in [0.4, 0.5) is 0 Å². The third-order valence-corrected chi connectivity index (χ3v) is 6.08. The number of nitrogens with zero attached hydrogens (tertiary/aromatic N) is 2. The smallest absolute Gasteiger partial charge is 0.244 e. The molecule has 0 unspecified atom stereocenters. The summed E-state index contributed by atoms with van der Waals surface area (Å²) in [6.45, 7) is 8.65. The molecule has 1 aliphatic rings. The van der Waals surface area contributed by atoms with E-state index in [1.807, 2.05) is 13.8 Å². The van der Waals surface area contributed by atoms with E-state index in [0.29, 0.717) is 35.3 Å². The van der Waals surface area contributed by atoms with Gasteiger partial charge in [0.15, 0.2) is 0 Å². The van der Waals surface area contributed by atoms with Crippen LogP contribution in [0.2, 0.25) is 0 Å². The molecule has 6 nitrogen and oxygen atoms in total. The molecule has 0 bridgehead atoms. The lowest BCUT2D eigenvalue weighted by Gasteiger charge is -2.25. The molecule has 2 rings (SSSR count). The van der Waals surface area contributed by atoms with Crippen LogP contribution in [-0.4, -0.2) is 30.3 Å². The third kappa shape index (κ3) is 3.46. The minimum absolute atomic E-state index is 0.313. The van der Waals surface area contributed by atoms with Gasteiger partial charge in [-0.1, -0.05) is 0 Å². The lowest BCUT2D eigenvalue weighted by Crippen LogP contribution is -2.45. The first-order valence-corrected chi connectivity index (χ1v) is 8.95. The van der Waals surface area contributed by atoms with Crippen LogP contribution in [0.3, 0.4) is 0 Å². The van der Waals surface area contributed by atoms with Gasteiger partial charge in [0.2, 0.25) is 10.0 Å². The number of sulfonamides is 1. The van der Waals surface area contributed by atoms with E-state index in [4.69, 9.17) is 5.73 Å². The highest BCUT2D eigenvalue weighted by atomic mass is 32.2. The van der Waals surface area contributed by atoms with Crippen molar-refractivity contribution in [3.63, 3.8) is 0 Å². The Morgan fingerprint density at radius 3 is 2.52 bits per heavy atom. The molecule has 1 aromatic rings.